The van der Waals surface area contributed by atoms with Gasteiger partial charge in [0.05, 0.1) is 11.1 Å². The summed E-state index contributed by atoms with van der Waals surface area (Å²) in [5.41, 5.74) is 0. The van der Waals surface area contributed by atoms with Crippen LogP contribution in [-0.2, 0) is 4.79 Å². The largest absolute Gasteiger partial charge is 0.354 e. The van der Waals surface area contributed by atoms with Crippen molar-refractivity contribution < 1.29 is 4.79 Å². The van der Waals surface area contributed by atoms with Crippen molar-refractivity contribution in [3.63, 3.8) is 0 Å². The molecule has 0 bridgehead atoms. The molecule has 0 aliphatic carbocycles. The normalized spacial score (nSPS) is 16.0. The van der Waals surface area contributed by atoms with Crippen LogP contribution in [0.5, 0.6) is 0 Å². The summed E-state index contributed by atoms with van der Waals surface area (Å²) >= 11 is 9.55. The van der Waals surface area contributed by atoms with E-state index in [-0.39, 0.29) is 5.91 Å². The van der Waals surface area contributed by atoms with Crippen molar-refractivity contribution in [2.45, 2.75) is 30.2 Å². The number of likely N-dealkylation sites (tertiary alicyclic amines) is 1. The number of benzene rings is 1. The number of hydrogen-bond acceptors (Lipinski definition) is 4. The van der Waals surface area contributed by atoms with Crippen molar-refractivity contribution in [2.75, 3.05) is 25.4 Å². The van der Waals surface area contributed by atoms with Gasteiger partial charge >= 0.3 is 0 Å². The van der Waals surface area contributed by atoms with Crippen molar-refractivity contribution in [2.24, 2.45) is 0 Å². The fourth-order valence-electron chi connectivity index (χ4n) is 3.06. The van der Waals surface area contributed by atoms with Gasteiger partial charge in [-0.3, -0.25) is 9.69 Å². The highest BCUT2D eigenvalue weighted by atomic mass is 35.5. The van der Waals surface area contributed by atoms with Gasteiger partial charge in [-0.2, -0.15) is 0 Å². The number of hydrogen-bond donors (Lipinski definition) is 1. The first kappa shape index (κ1) is 18.8. The Labute approximate surface area is 162 Å². The number of carbonyl (C=O) groups is 1. The van der Waals surface area contributed by atoms with Crippen LogP contribution in [-0.4, -0.2) is 36.2 Å². The van der Waals surface area contributed by atoms with Gasteiger partial charge in [0.1, 0.15) is 0 Å². The average molecular weight is 395 g/mol. The molecule has 6 heteroatoms. The van der Waals surface area contributed by atoms with Crippen LogP contribution in [0.3, 0.4) is 0 Å². The second-order valence-electron chi connectivity index (χ2n) is 6.11. The van der Waals surface area contributed by atoms with E-state index >= 15 is 0 Å². The number of nitrogens with one attached hydrogen (secondary N) is 1. The molecule has 0 radical (unpaired) electrons. The van der Waals surface area contributed by atoms with E-state index in [1.165, 1.54) is 17.7 Å². The maximum absolute atomic E-state index is 12.2. The van der Waals surface area contributed by atoms with Gasteiger partial charge < -0.3 is 5.32 Å². The second kappa shape index (κ2) is 9.62. The van der Waals surface area contributed by atoms with E-state index in [9.17, 15) is 4.79 Å². The number of halogens is 1. The summed E-state index contributed by atoms with van der Waals surface area (Å²) in [4.78, 5) is 17.1. The van der Waals surface area contributed by atoms with Gasteiger partial charge in [0.2, 0.25) is 5.91 Å². The maximum Gasteiger partial charge on any atom is 0.220 e. The summed E-state index contributed by atoms with van der Waals surface area (Å²) in [5, 5.41) is 5.99. The maximum atomic E-state index is 12.2. The first-order valence-corrected chi connectivity index (χ1v) is 10.9. The fourth-order valence-corrected chi connectivity index (χ4v) is 5.11. The Balaban J connectivity index is 1.46. The van der Waals surface area contributed by atoms with Crippen molar-refractivity contribution in [3.8, 4) is 0 Å². The highest BCUT2D eigenvalue weighted by molar-refractivity contribution is 7.99. The molecule has 1 N–H and O–H groups in total. The minimum atomic E-state index is 0.111. The monoisotopic (exact) mass is 394 g/mol. The zero-order valence-electron chi connectivity index (χ0n) is 14.1. The van der Waals surface area contributed by atoms with Gasteiger partial charge in [0.15, 0.2) is 0 Å². The van der Waals surface area contributed by atoms with E-state index < -0.39 is 0 Å². The molecule has 1 atom stereocenters. The lowest BCUT2D eigenvalue weighted by Gasteiger charge is -2.26. The average Bonchev–Trinajstić information content (AvgIpc) is 3.31. The molecule has 1 unspecified atom stereocenters. The predicted octanol–water partition coefficient (Wildman–Crippen LogP) is 4.84. The number of thioether (sulfide) groups is 1. The number of carbonyl (C=O) groups excluding carboxylic acids is 1. The highest BCUT2D eigenvalue weighted by Crippen LogP contribution is 2.28. The highest BCUT2D eigenvalue weighted by Gasteiger charge is 2.24. The molecule has 1 fully saturated rings. The van der Waals surface area contributed by atoms with E-state index in [0.29, 0.717) is 19.0 Å². The van der Waals surface area contributed by atoms with Crippen LogP contribution >= 0.6 is 34.7 Å². The van der Waals surface area contributed by atoms with Gasteiger partial charge in [-0.25, -0.2) is 0 Å². The smallest absolute Gasteiger partial charge is 0.220 e. The van der Waals surface area contributed by atoms with Crippen LogP contribution in [0.25, 0.3) is 0 Å². The van der Waals surface area contributed by atoms with Gasteiger partial charge in [-0.15, -0.1) is 23.1 Å². The Morgan fingerprint density at radius 2 is 2.04 bits per heavy atom. The SMILES string of the molecule is O=C(CCSc1ccccc1Cl)NCC(c1cccs1)N1CCCC1. The predicted molar refractivity (Wildman–Crippen MR) is 108 cm³/mol. The Kier molecular flexibility index (Phi) is 7.23. The molecule has 3 nitrogen and oxygen atoms in total. The molecule has 0 saturated carbocycles. The van der Waals surface area contributed by atoms with Crippen LogP contribution in [0.2, 0.25) is 5.02 Å². The minimum Gasteiger partial charge on any atom is -0.354 e. The third-order valence-corrected chi connectivity index (χ3v) is 6.86. The van der Waals surface area contributed by atoms with Gasteiger partial charge in [0.25, 0.3) is 0 Å². The Hall–Kier alpha value is -1.01. The Morgan fingerprint density at radius 3 is 2.76 bits per heavy atom. The van der Waals surface area contributed by atoms with Gasteiger partial charge in [-0.05, 0) is 49.5 Å². The van der Waals surface area contributed by atoms with Gasteiger partial charge in [0, 0.05) is 28.5 Å². The zero-order valence-corrected chi connectivity index (χ0v) is 16.5. The first-order chi connectivity index (χ1) is 12.2. The molecular weight excluding hydrogens is 372 g/mol. The molecule has 1 aromatic carbocycles. The second-order valence-corrected chi connectivity index (χ2v) is 8.63. The molecule has 1 saturated heterocycles. The van der Waals surface area contributed by atoms with E-state index in [1.807, 2.05) is 24.3 Å². The summed E-state index contributed by atoms with van der Waals surface area (Å²) < 4.78 is 0. The number of amides is 1. The topological polar surface area (TPSA) is 32.3 Å². The van der Waals surface area contributed by atoms with E-state index in [1.54, 1.807) is 23.1 Å². The van der Waals surface area contributed by atoms with Crippen molar-refractivity contribution in [3.05, 3.63) is 51.7 Å². The molecular formula is C19H23ClN2OS2. The summed E-state index contributed by atoms with van der Waals surface area (Å²) in [7, 11) is 0. The summed E-state index contributed by atoms with van der Waals surface area (Å²) in [6.07, 6.45) is 3.02. The molecule has 1 aromatic heterocycles. The summed E-state index contributed by atoms with van der Waals surface area (Å²) in [5.74, 6) is 0.850. The summed E-state index contributed by atoms with van der Waals surface area (Å²) in [6.45, 7) is 2.94. The molecule has 2 heterocycles. The lowest BCUT2D eigenvalue weighted by Crippen LogP contribution is -2.36. The molecule has 0 spiro atoms. The Morgan fingerprint density at radius 1 is 1.24 bits per heavy atom. The number of thiophene rings is 1. The fraction of sp³-hybridized carbons (Fsp3) is 0.421. The molecule has 1 aliphatic heterocycles. The number of nitrogens with zero attached hydrogens (tertiary/aromatic N) is 1. The third-order valence-electron chi connectivity index (χ3n) is 4.37. The molecule has 3 rings (SSSR count). The van der Waals surface area contributed by atoms with E-state index in [2.05, 4.69) is 27.7 Å². The van der Waals surface area contributed by atoms with E-state index in [4.69, 9.17) is 11.6 Å². The molecule has 25 heavy (non-hydrogen) atoms. The number of rotatable bonds is 8. The summed E-state index contributed by atoms with van der Waals surface area (Å²) in [6, 6.07) is 12.3. The lowest BCUT2D eigenvalue weighted by atomic mass is 10.2. The van der Waals surface area contributed by atoms with Crippen molar-refractivity contribution >= 4 is 40.6 Å². The minimum absolute atomic E-state index is 0.111. The standard InChI is InChI=1S/C19H23ClN2OS2/c20-15-6-1-2-7-17(15)25-13-9-19(23)21-14-16(18-8-5-12-24-18)22-10-3-4-11-22/h1-2,5-8,12,16H,3-4,9-11,13-14H2,(H,21,23). The first-order valence-electron chi connectivity index (χ1n) is 8.65. The molecule has 2 aromatic rings. The lowest BCUT2D eigenvalue weighted by molar-refractivity contribution is -0.120. The van der Waals surface area contributed by atoms with Crippen LogP contribution in [0.1, 0.15) is 30.2 Å². The van der Waals surface area contributed by atoms with Crippen LogP contribution in [0, 0.1) is 0 Å². The molecule has 1 aliphatic rings. The molecule has 1 amide bonds. The van der Waals surface area contributed by atoms with Crippen molar-refractivity contribution in [1.29, 1.82) is 0 Å². The van der Waals surface area contributed by atoms with Crippen LogP contribution < -0.4 is 5.32 Å². The van der Waals surface area contributed by atoms with E-state index in [0.717, 1.165) is 28.8 Å². The van der Waals surface area contributed by atoms with Crippen LogP contribution in [0.15, 0.2) is 46.7 Å². The van der Waals surface area contributed by atoms with Crippen molar-refractivity contribution in [1.82, 2.24) is 10.2 Å². The van der Waals surface area contributed by atoms with Gasteiger partial charge in [-0.1, -0.05) is 29.8 Å². The quantitative estimate of drug-likeness (QED) is 0.650. The van der Waals surface area contributed by atoms with Crippen LogP contribution in [0.4, 0.5) is 0 Å². The third kappa shape index (κ3) is 5.48. The Bertz CT molecular complexity index is 672. The molecule has 134 valence electrons. The zero-order chi connectivity index (χ0) is 17.5.